The third-order valence-electron chi connectivity index (χ3n) is 1.85. The maximum Gasteiger partial charge on any atom is 0.350 e. The normalized spacial score (nSPS) is 25.7. The molecule has 1 aliphatic rings. The zero-order valence-corrected chi connectivity index (χ0v) is 8.11. The van der Waals surface area contributed by atoms with Crippen LogP contribution in [0.5, 0.6) is 0 Å². The molecule has 0 aromatic rings. The Kier molecular flexibility index (Phi) is 3.24. The quantitative estimate of drug-likeness (QED) is 0.475. The number of esters is 2. The zero-order chi connectivity index (χ0) is 10.7. The highest BCUT2D eigenvalue weighted by Crippen LogP contribution is 2.15. The van der Waals surface area contributed by atoms with E-state index >= 15 is 0 Å². The zero-order valence-electron chi connectivity index (χ0n) is 8.11. The van der Waals surface area contributed by atoms with E-state index in [4.69, 9.17) is 9.47 Å². The fourth-order valence-corrected chi connectivity index (χ4v) is 1.02. The van der Waals surface area contributed by atoms with Gasteiger partial charge in [0.05, 0.1) is 0 Å². The molecule has 2 atom stereocenters. The van der Waals surface area contributed by atoms with Gasteiger partial charge in [0.25, 0.3) is 0 Å². The second-order valence-electron chi connectivity index (χ2n) is 3.01. The van der Waals surface area contributed by atoms with Crippen LogP contribution < -0.4 is 0 Å². The van der Waals surface area contributed by atoms with E-state index in [0.717, 1.165) is 0 Å². The van der Waals surface area contributed by atoms with E-state index in [9.17, 15) is 9.59 Å². The van der Waals surface area contributed by atoms with Crippen molar-refractivity contribution in [3.63, 3.8) is 0 Å². The Labute approximate surface area is 81.6 Å². The van der Waals surface area contributed by atoms with Gasteiger partial charge in [-0.2, -0.15) is 0 Å². The Bertz CT molecular complexity index is 270. The van der Waals surface area contributed by atoms with Crippen molar-refractivity contribution < 1.29 is 23.8 Å². The van der Waals surface area contributed by atoms with Crippen LogP contribution in [0.2, 0.25) is 0 Å². The first-order valence-electron chi connectivity index (χ1n) is 4.12. The standard InChI is InChI=1S/C9H12O5/c1-5(2)8(10)14-7-6(12-3)4-13-9(7)11/h6-7H,1,4H2,2-3H3. The van der Waals surface area contributed by atoms with E-state index in [1.54, 1.807) is 0 Å². The van der Waals surface area contributed by atoms with Crippen molar-refractivity contribution in [1.82, 2.24) is 0 Å². The van der Waals surface area contributed by atoms with E-state index in [1.165, 1.54) is 14.0 Å². The summed E-state index contributed by atoms with van der Waals surface area (Å²) in [5, 5.41) is 0. The molecule has 0 aromatic heterocycles. The maximum absolute atomic E-state index is 11.1. The minimum atomic E-state index is -0.968. The van der Waals surface area contributed by atoms with Gasteiger partial charge in [0.2, 0.25) is 6.10 Å². The summed E-state index contributed by atoms with van der Waals surface area (Å²) >= 11 is 0. The molecule has 0 radical (unpaired) electrons. The average Bonchev–Trinajstić information content (AvgIpc) is 2.47. The first kappa shape index (κ1) is 10.7. The molecule has 0 N–H and O–H groups in total. The molecule has 0 amide bonds. The number of carbonyl (C=O) groups excluding carboxylic acids is 2. The van der Waals surface area contributed by atoms with Crippen LogP contribution in [-0.2, 0) is 23.8 Å². The molecule has 0 bridgehead atoms. The smallest absolute Gasteiger partial charge is 0.350 e. The largest absolute Gasteiger partial charge is 0.460 e. The molecular weight excluding hydrogens is 188 g/mol. The summed E-state index contributed by atoms with van der Waals surface area (Å²) < 4.78 is 14.5. The van der Waals surface area contributed by atoms with Gasteiger partial charge in [-0.05, 0) is 6.92 Å². The van der Waals surface area contributed by atoms with Crippen molar-refractivity contribution in [2.45, 2.75) is 19.1 Å². The molecule has 1 fully saturated rings. The molecule has 0 aliphatic carbocycles. The molecule has 0 spiro atoms. The Morgan fingerprint density at radius 3 is 2.79 bits per heavy atom. The van der Waals surface area contributed by atoms with Crippen LogP contribution in [0.4, 0.5) is 0 Å². The molecule has 5 nitrogen and oxygen atoms in total. The van der Waals surface area contributed by atoms with Crippen LogP contribution in [0.15, 0.2) is 12.2 Å². The van der Waals surface area contributed by atoms with E-state index in [2.05, 4.69) is 11.3 Å². The third-order valence-corrected chi connectivity index (χ3v) is 1.85. The summed E-state index contributed by atoms with van der Waals surface area (Å²) in [5.74, 6) is -1.19. The van der Waals surface area contributed by atoms with Crippen molar-refractivity contribution in [2.75, 3.05) is 13.7 Å². The van der Waals surface area contributed by atoms with Crippen molar-refractivity contribution >= 4 is 11.9 Å². The summed E-state index contributed by atoms with van der Waals surface area (Å²) in [6, 6.07) is 0. The highest BCUT2D eigenvalue weighted by molar-refractivity contribution is 5.90. The lowest BCUT2D eigenvalue weighted by molar-refractivity contribution is -0.160. The molecule has 0 saturated carbocycles. The number of ether oxygens (including phenoxy) is 3. The van der Waals surface area contributed by atoms with Crippen LogP contribution in [-0.4, -0.2) is 37.9 Å². The van der Waals surface area contributed by atoms with Crippen molar-refractivity contribution in [2.24, 2.45) is 0 Å². The minimum Gasteiger partial charge on any atom is -0.460 e. The summed E-state index contributed by atoms with van der Waals surface area (Å²) in [4.78, 5) is 22.2. The fraction of sp³-hybridized carbons (Fsp3) is 0.556. The van der Waals surface area contributed by atoms with E-state index in [-0.39, 0.29) is 12.2 Å². The number of carbonyl (C=O) groups is 2. The topological polar surface area (TPSA) is 61.8 Å². The number of rotatable bonds is 3. The Hall–Kier alpha value is -1.36. The van der Waals surface area contributed by atoms with Gasteiger partial charge in [0.1, 0.15) is 12.7 Å². The van der Waals surface area contributed by atoms with Gasteiger partial charge in [-0.15, -0.1) is 0 Å². The van der Waals surface area contributed by atoms with Crippen LogP contribution in [0.3, 0.4) is 0 Å². The van der Waals surface area contributed by atoms with E-state index in [1.807, 2.05) is 0 Å². The molecule has 1 rings (SSSR count). The third kappa shape index (κ3) is 2.11. The lowest BCUT2D eigenvalue weighted by Crippen LogP contribution is -2.34. The fourth-order valence-electron chi connectivity index (χ4n) is 1.02. The highest BCUT2D eigenvalue weighted by Gasteiger charge is 2.40. The van der Waals surface area contributed by atoms with Crippen molar-refractivity contribution in [3.05, 3.63) is 12.2 Å². The van der Waals surface area contributed by atoms with E-state index < -0.39 is 24.1 Å². The van der Waals surface area contributed by atoms with Gasteiger partial charge in [0, 0.05) is 12.7 Å². The lowest BCUT2D eigenvalue weighted by atomic mass is 10.2. The molecule has 1 saturated heterocycles. The van der Waals surface area contributed by atoms with Gasteiger partial charge >= 0.3 is 11.9 Å². The van der Waals surface area contributed by atoms with Gasteiger partial charge in [-0.1, -0.05) is 6.58 Å². The summed E-state index contributed by atoms with van der Waals surface area (Å²) in [6.07, 6.45) is -1.49. The van der Waals surface area contributed by atoms with Gasteiger partial charge in [0.15, 0.2) is 0 Å². The number of methoxy groups -OCH3 is 1. The SMILES string of the molecule is C=C(C)C(=O)OC1C(=O)OCC1OC. The first-order valence-corrected chi connectivity index (χ1v) is 4.12. The maximum atomic E-state index is 11.1. The van der Waals surface area contributed by atoms with Gasteiger partial charge in [-0.3, -0.25) is 0 Å². The average molecular weight is 200 g/mol. The second-order valence-corrected chi connectivity index (χ2v) is 3.01. The van der Waals surface area contributed by atoms with Crippen molar-refractivity contribution in [3.8, 4) is 0 Å². The van der Waals surface area contributed by atoms with E-state index in [0.29, 0.717) is 0 Å². The summed E-state index contributed by atoms with van der Waals surface area (Å²) in [7, 11) is 1.42. The molecule has 14 heavy (non-hydrogen) atoms. The molecule has 78 valence electrons. The number of hydrogen-bond donors (Lipinski definition) is 0. The van der Waals surface area contributed by atoms with Crippen LogP contribution in [0, 0.1) is 0 Å². The lowest BCUT2D eigenvalue weighted by Gasteiger charge is -2.13. The molecule has 1 heterocycles. The number of cyclic esters (lactones) is 1. The first-order chi connectivity index (χ1) is 6.56. The van der Waals surface area contributed by atoms with Gasteiger partial charge in [-0.25, -0.2) is 9.59 Å². The monoisotopic (exact) mass is 200 g/mol. The second kappa shape index (κ2) is 4.23. The summed E-state index contributed by atoms with van der Waals surface area (Å²) in [5.41, 5.74) is 0.236. The minimum absolute atomic E-state index is 0.115. The molecule has 2 unspecified atom stereocenters. The number of hydrogen-bond acceptors (Lipinski definition) is 5. The Morgan fingerprint density at radius 1 is 1.64 bits per heavy atom. The molecule has 1 aliphatic heterocycles. The summed E-state index contributed by atoms with van der Waals surface area (Å²) in [6.45, 7) is 5.02. The van der Waals surface area contributed by atoms with Gasteiger partial charge < -0.3 is 14.2 Å². The van der Waals surface area contributed by atoms with Crippen LogP contribution >= 0.6 is 0 Å². The molecule has 0 aromatic carbocycles. The predicted octanol–water partition coefficient (Wildman–Crippen LogP) is 0.0461. The van der Waals surface area contributed by atoms with Crippen LogP contribution in [0.1, 0.15) is 6.92 Å². The molecular formula is C9H12O5. The Morgan fingerprint density at radius 2 is 2.29 bits per heavy atom. The van der Waals surface area contributed by atoms with Crippen LogP contribution in [0.25, 0.3) is 0 Å². The highest BCUT2D eigenvalue weighted by atomic mass is 16.6. The predicted molar refractivity (Wildman–Crippen MR) is 46.5 cm³/mol. The van der Waals surface area contributed by atoms with Crippen molar-refractivity contribution in [1.29, 1.82) is 0 Å². The Balaban J connectivity index is 2.61. The molecule has 5 heteroatoms.